The Hall–Kier alpha value is -2.39. The Kier molecular flexibility index (Phi) is 5.60. The summed E-state index contributed by atoms with van der Waals surface area (Å²) in [5.74, 6) is -0.0821. The fourth-order valence-electron chi connectivity index (χ4n) is 4.32. The molecule has 1 N–H and O–H groups in total. The van der Waals surface area contributed by atoms with Crippen LogP contribution >= 0.6 is 0 Å². The SMILES string of the molecule is CC1(C)OB(c2cnn(CC3CC(Cc4ccc(F)cc4)CN3C(=O)O)c2)OC1(C)C. The van der Waals surface area contributed by atoms with Crippen molar-refractivity contribution in [2.24, 2.45) is 5.92 Å². The summed E-state index contributed by atoms with van der Waals surface area (Å²) in [6.45, 7) is 8.93. The minimum absolute atomic E-state index is 0.172. The Morgan fingerprint density at radius 2 is 1.87 bits per heavy atom. The molecule has 7 nitrogen and oxygen atoms in total. The van der Waals surface area contributed by atoms with Gasteiger partial charge in [-0.1, -0.05) is 12.1 Å². The largest absolute Gasteiger partial charge is 0.498 e. The van der Waals surface area contributed by atoms with Gasteiger partial charge in [0, 0.05) is 24.4 Å². The molecule has 0 radical (unpaired) electrons. The van der Waals surface area contributed by atoms with Crippen molar-refractivity contribution < 1.29 is 23.6 Å². The van der Waals surface area contributed by atoms with Crippen molar-refractivity contribution in [3.63, 3.8) is 0 Å². The van der Waals surface area contributed by atoms with Crippen LogP contribution in [0.3, 0.4) is 0 Å². The lowest BCUT2D eigenvalue weighted by Crippen LogP contribution is -2.41. The third-order valence-electron chi connectivity index (χ3n) is 6.76. The molecule has 2 fully saturated rings. The van der Waals surface area contributed by atoms with Crippen molar-refractivity contribution in [1.29, 1.82) is 0 Å². The molecule has 9 heteroatoms. The van der Waals surface area contributed by atoms with E-state index in [2.05, 4.69) is 5.10 Å². The van der Waals surface area contributed by atoms with Crippen molar-refractivity contribution >= 4 is 18.7 Å². The van der Waals surface area contributed by atoms with Crippen LogP contribution in [0.25, 0.3) is 0 Å². The molecule has 1 aromatic heterocycles. The minimum atomic E-state index is -0.926. The van der Waals surface area contributed by atoms with Crippen LogP contribution in [-0.4, -0.2) is 56.8 Å². The van der Waals surface area contributed by atoms with E-state index in [1.165, 1.54) is 17.0 Å². The van der Waals surface area contributed by atoms with Crippen LogP contribution in [0.5, 0.6) is 0 Å². The molecule has 31 heavy (non-hydrogen) atoms. The molecule has 1 amide bonds. The first kappa shape index (κ1) is 21.8. The van der Waals surface area contributed by atoms with Crippen LogP contribution in [0, 0.1) is 11.7 Å². The molecule has 2 atom stereocenters. The minimum Gasteiger partial charge on any atom is -0.465 e. The molecule has 1 aromatic carbocycles. The molecule has 2 aliphatic rings. The maximum atomic E-state index is 13.2. The van der Waals surface area contributed by atoms with Gasteiger partial charge < -0.3 is 19.3 Å². The normalized spacial score (nSPS) is 24.7. The summed E-state index contributed by atoms with van der Waals surface area (Å²) in [7, 11) is -0.496. The average Bonchev–Trinajstić information content (AvgIpc) is 3.35. The summed E-state index contributed by atoms with van der Waals surface area (Å²) in [6, 6.07) is 6.24. The van der Waals surface area contributed by atoms with E-state index in [9.17, 15) is 14.3 Å². The molecule has 166 valence electrons. The second-order valence-corrected chi connectivity index (χ2v) is 9.61. The highest BCUT2D eigenvalue weighted by Gasteiger charge is 2.52. The number of rotatable bonds is 5. The number of benzene rings is 1. The number of aromatic nitrogens is 2. The molecule has 0 spiro atoms. The Bertz CT molecular complexity index is 930. The van der Waals surface area contributed by atoms with E-state index in [0.717, 1.165) is 23.9 Å². The molecular formula is C22H29BFN3O4. The van der Waals surface area contributed by atoms with E-state index >= 15 is 0 Å². The summed E-state index contributed by atoms with van der Waals surface area (Å²) in [6.07, 6.45) is 4.12. The van der Waals surface area contributed by atoms with Crippen molar-refractivity contribution in [1.82, 2.24) is 14.7 Å². The van der Waals surface area contributed by atoms with Crippen molar-refractivity contribution in [2.45, 2.75) is 64.3 Å². The predicted molar refractivity (Wildman–Crippen MR) is 115 cm³/mol. The van der Waals surface area contributed by atoms with Crippen LogP contribution in [0.15, 0.2) is 36.7 Å². The lowest BCUT2D eigenvalue weighted by Gasteiger charge is -2.32. The fraction of sp³-hybridized carbons (Fsp3) is 0.545. The van der Waals surface area contributed by atoms with Gasteiger partial charge in [-0.15, -0.1) is 0 Å². The van der Waals surface area contributed by atoms with Gasteiger partial charge in [0.15, 0.2) is 0 Å². The second-order valence-electron chi connectivity index (χ2n) is 9.61. The highest BCUT2D eigenvalue weighted by Crippen LogP contribution is 2.36. The number of hydrogen-bond acceptors (Lipinski definition) is 4. The number of halogens is 1. The van der Waals surface area contributed by atoms with Gasteiger partial charge in [-0.25, -0.2) is 9.18 Å². The van der Waals surface area contributed by atoms with E-state index in [1.54, 1.807) is 23.0 Å². The first-order chi connectivity index (χ1) is 14.5. The molecule has 2 aromatic rings. The van der Waals surface area contributed by atoms with Crippen LogP contribution in [-0.2, 0) is 22.3 Å². The zero-order valence-electron chi connectivity index (χ0n) is 18.4. The van der Waals surface area contributed by atoms with E-state index in [1.807, 2.05) is 33.9 Å². The summed E-state index contributed by atoms with van der Waals surface area (Å²) < 4.78 is 27.1. The number of nitrogens with zero attached hydrogens (tertiary/aromatic N) is 3. The first-order valence-electron chi connectivity index (χ1n) is 10.7. The smallest absolute Gasteiger partial charge is 0.465 e. The van der Waals surface area contributed by atoms with Crippen molar-refractivity contribution in [2.75, 3.05) is 6.54 Å². The summed E-state index contributed by atoms with van der Waals surface area (Å²) in [5, 5.41) is 14.1. The van der Waals surface area contributed by atoms with Gasteiger partial charge in [0.1, 0.15) is 5.82 Å². The van der Waals surface area contributed by atoms with Crippen LogP contribution < -0.4 is 5.46 Å². The van der Waals surface area contributed by atoms with Gasteiger partial charge >= 0.3 is 13.2 Å². The zero-order valence-corrected chi connectivity index (χ0v) is 18.4. The summed E-state index contributed by atoms with van der Waals surface area (Å²) in [4.78, 5) is 13.3. The highest BCUT2D eigenvalue weighted by molar-refractivity contribution is 6.62. The third kappa shape index (κ3) is 4.48. The number of carbonyl (C=O) groups is 1. The van der Waals surface area contributed by atoms with E-state index in [4.69, 9.17) is 9.31 Å². The van der Waals surface area contributed by atoms with Gasteiger partial charge in [0.25, 0.3) is 0 Å². The lowest BCUT2D eigenvalue weighted by molar-refractivity contribution is 0.00578. The fourth-order valence-corrected chi connectivity index (χ4v) is 4.32. The molecule has 2 aliphatic heterocycles. The topological polar surface area (TPSA) is 76.8 Å². The zero-order chi connectivity index (χ0) is 22.4. The van der Waals surface area contributed by atoms with Crippen LogP contribution in [0.1, 0.15) is 39.7 Å². The Labute approximate surface area is 182 Å². The van der Waals surface area contributed by atoms with E-state index in [-0.39, 0.29) is 17.8 Å². The quantitative estimate of drug-likeness (QED) is 0.740. The molecule has 3 heterocycles. The maximum Gasteiger partial charge on any atom is 0.498 e. The number of likely N-dealkylation sites (tertiary alicyclic amines) is 1. The van der Waals surface area contributed by atoms with Crippen molar-refractivity contribution in [3.05, 3.63) is 48.0 Å². The monoisotopic (exact) mass is 429 g/mol. The predicted octanol–water partition coefficient (Wildman–Crippen LogP) is 2.93. The van der Waals surface area contributed by atoms with Crippen LogP contribution in [0.4, 0.5) is 9.18 Å². The van der Waals surface area contributed by atoms with Crippen molar-refractivity contribution in [3.8, 4) is 0 Å². The first-order valence-corrected chi connectivity index (χ1v) is 10.7. The van der Waals surface area contributed by atoms with E-state index < -0.39 is 24.4 Å². The third-order valence-corrected chi connectivity index (χ3v) is 6.76. The lowest BCUT2D eigenvalue weighted by atomic mass is 9.82. The van der Waals surface area contributed by atoms with Crippen LogP contribution in [0.2, 0.25) is 0 Å². The van der Waals surface area contributed by atoms with Gasteiger partial charge in [0.05, 0.1) is 23.8 Å². The number of hydrogen-bond donors (Lipinski definition) is 1. The summed E-state index contributed by atoms with van der Waals surface area (Å²) in [5.41, 5.74) is 0.971. The molecule has 0 bridgehead atoms. The number of carboxylic acid groups (broad SMARTS) is 1. The Morgan fingerprint density at radius 3 is 2.48 bits per heavy atom. The molecule has 0 aliphatic carbocycles. The second kappa shape index (κ2) is 7.95. The van der Waals surface area contributed by atoms with Gasteiger partial charge in [0.2, 0.25) is 0 Å². The molecule has 0 saturated carbocycles. The molecule has 2 unspecified atom stereocenters. The molecule has 2 saturated heterocycles. The summed E-state index contributed by atoms with van der Waals surface area (Å²) >= 11 is 0. The van der Waals surface area contributed by atoms with Gasteiger partial charge in [-0.3, -0.25) is 4.68 Å². The standard InChI is InChI=1S/C22H29BFN3O4/c1-21(2)22(3,4)31-23(30-21)17-11-25-26(13-17)14-19-10-16(12-27(19)20(28)29)9-15-5-7-18(24)8-6-15/h5-8,11,13,16,19H,9-10,12,14H2,1-4H3,(H,28,29). The average molecular weight is 429 g/mol. The Balaban J connectivity index is 1.42. The highest BCUT2D eigenvalue weighted by atomic mass is 19.1. The Morgan fingerprint density at radius 1 is 1.23 bits per heavy atom. The maximum absolute atomic E-state index is 13.2. The van der Waals surface area contributed by atoms with Gasteiger partial charge in [-0.05, 0) is 64.2 Å². The molecular weight excluding hydrogens is 400 g/mol. The molecule has 4 rings (SSSR count). The van der Waals surface area contributed by atoms with E-state index in [0.29, 0.717) is 13.1 Å². The van der Waals surface area contributed by atoms with Gasteiger partial charge in [-0.2, -0.15) is 5.10 Å². The number of amides is 1.